The Morgan fingerprint density at radius 3 is 1.81 bits per heavy atom. The quantitative estimate of drug-likeness (QED) is 0.260. The first-order valence-electron chi connectivity index (χ1n) is 12.4. The van der Waals surface area contributed by atoms with E-state index >= 15 is 0 Å². The molecule has 0 fully saturated rings. The molecule has 6 nitrogen and oxygen atoms in total. The fourth-order valence-corrected chi connectivity index (χ4v) is 4.79. The minimum Gasteiger partial charge on any atom is -0.485 e. The molecule has 1 aliphatic rings. The van der Waals surface area contributed by atoms with Gasteiger partial charge in [-0.3, -0.25) is 0 Å². The number of nitrogens with zero attached hydrogens (tertiary/aromatic N) is 2. The van der Waals surface area contributed by atoms with E-state index in [1.54, 1.807) is 14.2 Å². The molecule has 0 spiro atoms. The van der Waals surface area contributed by atoms with Gasteiger partial charge in [0.25, 0.3) is 0 Å². The first kappa shape index (κ1) is 27.0. The van der Waals surface area contributed by atoms with Crippen LogP contribution in [0.3, 0.4) is 0 Å². The van der Waals surface area contributed by atoms with Crippen molar-refractivity contribution in [3.8, 4) is 11.5 Å². The molecule has 4 rings (SSSR count). The molecule has 3 aromatic carbocycles. The van der Waals surface area contributed by atoms with Crippen LogP contribution in [0.25, 0.3) is 0 Å². The lowest BCUT2D eigenvalue weighted by Gasteiger charge is -2.27. The molecule has 1 heterocycles. The molecule has 0 saturated heterocycles. The Hall–Kier alpha value is -3.07. The van der Waals surface area contributed by atoms with E-state index in [0.29, 0.717) is 42.9 Å². The average molecular weight is 613 g/mol. The number of hydrogen-bond acceptors (Lipinski definition) is 6. The van der Waals surface area contributed by atoms with Gasteiger partial charge < -0.3 is 18.9 Å². The lowest BCUT2D eigenvalue weighted by atomic mass is 10.0. The fourth-order valence-electron chi connectivity index (χ4n) is 4.13. The monoisotopic (exact) mass is 612 g/mol. The van der Waals surface area contributed by atoms with E-state index in [-0.39, 0.29) is 18.0 Å². The summed E-state index contributed by atoms with van der Waals surface area (Å²) in [6.07, 6.45) is 0.600. The van der Waals surface area contributed by atoms with E-state index in [2.05, 4.69) is 42.5 Å². The molecule has 7 heteroatoms. The maximum Gasteiger partial charge on any atom is 0.209 e. The van der Waals surface area contributed by atoms with Crippen molar-refractivity contribution in [3.05, 3.63) is 93.1 Å². The Labute approximate surface area is 232 Å². The van der Waals surface area contributed by atoms with Crippen LogP contribution in [-0.2, 0) is 29.1 Å². The van der Waals surface area contributed by atoms with E-state index < -0.39 is 0 Å². The Kier molecular flexibility index (Phi) is 9.44. The number of aliphatic imine (C=N–C) groups is 2. The van der Waals surface area contributed by atoms with Gasteiger partial charge >= 0.3 is 0 Å². The Morgan fingerprint density at radius 1 is 0.757 bits per heavy atom. The molecule has 1 aliphatic heterocycles. The summed E-state index contributed by atoms with van der Waals surface area (Å²) in [6.45, 7) is 5.10. The zero-order valence-electron chi connectivity index (χ0n) is 21.7. The van der Waals surface area contributed by atoms with Crippen LogP contribution in [0.4, 0.5) is 0 Å². The summed E-state index contributed by atoms with van der Waals surface area (Å²) in [5, 5.41) is 0. The van der Waals surface area contributed by atoms with Gasteiger partial charge in [-0.15, -0.1) is 0 Å². The van der Waals surface area contributed by atoms with E-state index in [1.807, 2.05) is 66.7 Å². The summed E-state index contributed by atoms with van der Waals surface area (Å²) in [4.78, 5) is 9.70. The van der Waals surface area contributed by atoms with Crippen molar-refractivity contribution in [2.75, 3.05) is 14.2 Å². The van der Waals surface area contributed by atoms with Crippen LogP contribution in [0.1, 0.15) is 30.5 Å². The molecular weight excluding hydrogens is 579 g/mol. The van der Waals surface area contributed by atoms with Crippen LogP contribution in [0, 0.1) is 9.49 Å². The van der Waals surface area contributed by atoms with Crippen molar-refractivity contribution in [2.24, 2.45) is 15.9 Å². The first-order chi connectivity index (χ1) is 18.0. The lowest BCUT2D eigenvalue weighted by molar-refractivity contribution is 0.255. The van der Waals surface area contributed by atoms with Crippen LogP contribution < -0.4 is 9.47 Å². The summed E-state index contributed by atoms with van der Waals surface area (Å²) in [5.74, 6) is 2.91. The second-order valence-electron chi connectivity index (χ2n) is 9.19. The Morgan fingerprint density at radius 2 is 1.30 bits per heavy atom. The highest BCUT2D eigenvalue weighted by atomic mass is 127. The highest BCUT2D eigenvalue weighted by molar-refractivity contribution is 14.1. The second-order valence-corrected chi connectivity index (χ2v) is 10.4. The Balaban J connectivity index is 1.61. The molecule has 0 aliphatic carbocycles. The highest BCUT2D eigenvalue weighted by Crippen LogP contribution is 2.34. The molecule has 0 radical (unpaired) electrons. The second kappa shape index (κ2) is 12.9. The van der Waals surface area contributed by atoms with Crippen LogP contribution in [0.15, 0.2) is 82.8 Å². The molecule has 0 saturated carbocycles. The van der Waals surface area contributed by atoms with Gasteiger partial charge in [0, 0.05) is 9.99 Å². The van der Waals surface area contributed by atoms with Crippen molar-refractivity contribution in [1.29, 1.82) is 0 Å². The molecule has 194 valence electrons. The van der Waals surface area contributed by atoms with Crippen molar-refractivity contribution in [1.82, 2.24) is 0 Å². The van der Waals surface area contributed by atoms with Gasteiger partial charge in [-0.2, -0.15) is 0 Å². The minimum atomic E-state index is -0.276. The van der Waals surface area contributed by atoms with Crippen molar-refractivity contribution >= 4 is 34.4 Å². The Bertz CT molecular complexity index is 1230. The maximum atomic E-state index is 6.29. The molecule has 3 aromatic rings. The normalized spacial score (nSPS) is 17.1. The molecule has 0 aromatic heterocycles. The molecular formula is C30H33IN2O4. The van der Waals surface area contributed by atoms with Gasteiger partial charge in [0.05, 0.1) is 14.2 Å². The largest absolute Gasteiger partial charge is 0.485 e. The van der Waals surface area contributed by atoms with Gasteiger partial charge in [-0.1, -0.05) is 74.5 Å². The summed E-state index contributed by atoms with van der Waals surface area (Å²) in [6, 6.07) is 23.9. The zero-order chi connectivity index (χ0) is 26.2. The number of ether oxygens (including phenoxy) is 4. The summed E-state index contributed by atoms with van der Waals surface area (Å²) < 4.78 is 24.8. The third-order valence-electron chi connectivity index (χ3n) is 6.14. The van der Waals surface area contributed by atoms with E-state index in [9.17, 15) is 0 Å². The van der Waals surface area contributed by atoms with Crippen molar-refractivity contribution in [3.63, 3.8) is 0 Å². The number of benzene rings is 3. The topological polar surface area (TPSA) is 61.6 Å². The fraction of sp³-hybridized carbons (Fsp3) is 0.333. The number of hydrogen-bond donors (Lipinski definition) is 0. The van der Waals surface area contributed by atoms with Crippen molar-refractivity contribution in [2.45, 2.75) is 45.6 Å². The van der Waals surface area contributed by atoms with Gasteiger partial charge in [0.15, 0.2) is 11.5 Å². The van der Waals surface area contributed by atoms with Crippen LogP contribution in [-0.4, -0.2) is 38.1 Å². The average Bonchev–Trinajstić information content (AvgIpc) is 2.93. The van der Waals surface area contributed by atoms with E-state index in [0.717, 1.165) is 20.3 Å². The molecule has 2 atom stereocenters. The zero-order valence-corrected chi connectivity index (χ0v) is 23.8. The highest BCUT2D eigenvalue weighted by Gasteiger charge is 2.31. The first-order valence-corrected chi connectivity index (χ1v) is 13.5. The molecule has 0 bridgehead atoms. The summed E-state index contributed by atoms with van der Waals surface area (Å²) in [5.41, 5.74) is 3.26. The smallest absolute Gasteiger partial charge is 0.209 e. The third kappa shape index (κ3) is 7.03. The molecule has 0 unspecified atom stereocenters. The molecule has 0 amide bonds. The number of methoxy groups -OCH3 is 2. The standard InChI is InChI=1S/C30H33IN2O4/c1-20(2)28-30(35-4)32-25(29(33-28)34-3)15-23-16-26(36-18-21-11-7-5-8-12-21)27(17-24(23)31)37-19-22-13-9-6-10-14-22/h5-14,16-17,20,25,28H,15,18-19H2,1-4H3/t25-,28+/m0/s1. The minimum absolute atomic E-state index is 0.145. The van der Waals surface area contributed by atoms with Crippen LogP contribution >= 0.6 is 22.6 Å². The van der Waals surface area contributed by atoms with Gasteiger partial charge in [-0.05, 0) is 57.3 Å². The SMILES string of the molecule is COC1=N[C@H](C(C)C)C(OC)=N[C@H]1Cc1cc(OCc2ccccc2)c(OCc2ccccc2)cc1I. The summed E-state index contributed by atoms with van der Waals surface area (Å²) in [7, 11) is 3.30. The van der Waals surface area contributed by atoms with Crippen LogP contribution in [0.2, 0.25) is 0 Å². The van der Waals surface area contributed by atoms with Crippen molar-refractivity contribution < 1.29 is 18.9 Å². The van der Waals surface area contributed by atoms with Gasteiger partial charge in [0.2, 0.25) is 11.8 Å². The van der Waals surface area contributed by atoms with E-state index in [4.69, 9.17) is 28.9 Å². The van der Waals surface area contributed by atoms with E-state index in [1.165, 1.54) is 0 Å². The summed E-state index contributed by atoms with van der Waals surface area (Å²) >= 11 is 2.35. The maximum absolute atomic E-state index is 6.29. The predicted molar refractivity (Wildman–Crippen MR) is 156 cm³/mol. The molecule has 0 N–H and O–H groups in total. The molecule has 37 heavy (non-hydrogen) atoms. The number of halogens is 1. The third-order valence-corrected chi connectivity index (χ3v) is 7.14. The predicted octanol–water partition coefficient (Wildman–Crippen LogP) is 6.49. The number of rotatable bonds is 9. The van der Waals surface area contributed by atoms with Gasteiger partial charge in [-0.25, -0.2) is 9.98 Å². The van der Waals surface area contributed by atoms with Crippen LogP contribution in [0.5, 0.6) is 11.5 Å². The van der Waals surface area contributed by atoms with Gasteiger partial charge in [0.1, 0.15) is 25.3 Å². The lowest BCUT2D eigenvalue weighted by Crippen LogP contribution is -2.38.